The number of carbonyl (C=O) groups is 1. The fraction of sp³-hybridized carbons (Fsp3) is 0.200. The number of phenolic OH excluding ortho intramolecular Hbond substituents is 1. The number of hydrogen-bond acceptors (Lipinski definition) is 6. The number of thiol groups is 1. The summed E-state index contributed by atoms with van der Waals surface area (Å²) in [7, 11) is 1.50. The van der Waals surface area contributed by atoms with Crippen molar-refractivity contribution in [1.82, 2.24) is 4.98 Å². The molecule has 9 heteroatoms. The van der Waals surface area contributed by atoms with Gasteiger partial charge in [-0.25, -0.2) is 0 Å². The quantitative estimate of drug-likeness (QED) is 0.256. The Labute approximate surface area is 233 Å². The number of benzene rings is 3. The molecule has 0 saturated heterocycles. The van der Waals surface area contributed by atoms with Crippen LogP contribution in [0.3, 0.4) is 0 Å². The molecule has 8 N–H and O–H groups in total. The summed E-state index contributed by atoms with van der Waals surface area (Å²) < 4.78 is 5.19. The monoisotopic (exact) mass is 549 g/mol. The van der Waals surface area contributed by atoms with Crippen molar-refractivity contribution >= 4 is 24.2 Å². The van der Waals surface area contributed by atoms with Crippen LogP contribution in [0.5, 0.6) is 11.5 Å². The predicted molar refractivity (Wildman–Crippen MR) is 158 cm³/mol. The molecule has 4 aromatic rings. The molecule has 0 atom stereocenters. The first kappa shape index (κ1) is 31.3. The van der Waals surface area contributed by atoms with Crippen molar-refractivity contribution in [2.75, 3.05) is 19.0 Å². The maximum Gasteiger partial charge on any atom is 0.235 e. The molecule has 0 radical (unpaired) electrons. The largest absolute Gasteiger partial charge is 0.504 e. The number of aromatic nitrogens is 1. The van der Waals surface area contributed by atoms with E-state index in [0.29, 0.717) is 12.3 Å². The number of aromatic hydroxyl groups is 1. The van der Waals surface area contributed by atoms with Gasteiger partial charge >= 0.3 is 0 Å². The smallest absolute Gasteiger partial charge is 0.235 e. The zero-order valence-corrected chi connectivity index (χ0v) is 22.6. The maximum absolute atomic E-state index is 13.0. The van der Waals surface area contributed by atoms with Gasteiger partial charge in [-0.15, -0.1) is 12.6 Å². The molecule has 8 nitrogen and oxygen atoms in total. The second kappa shape index (κ2) is 14.3. The predicted octanol–water partition coefficient (Wildman–Crippen LogP) is 3.96. The molecule has 3 aromatic carbocycles. The van der Waals surface area contributed by atoms with Crippen molar-refractivity contribution in [2.45, 2.75) is 29.6 Å². The van der Waals surface area contributed by atoms with Crippen LogP contribution in [0, 0.1) is 0 Å². The molecule has 1 heterocycles. The van der Waals surface area contributed by atoms with Crippen LogP contribution in [0.2, 0.25) is 0 Å². The summed E-state index contributed by atoms with van der Waals surface area (Å²) in [4.78, 5) is 18.0. The lowest BCUT2D eigenvalue weighted by atomic mass is 9.94. The van der Waals surface area contributed by atoms with Gasteiger partial charge in [-0.1, -0.05) is 36.4 Å². The molecule has 1 aliphatic carbocycles. The minimum Gasteiger partial charge on any atom is -0.504 e. The average Bonchev–Trinajstić information content (AvgIpc) is 3.73. The minimum atomic E-state index is -0.565. The van der Waals surface area contributed by atoms with Crippen LogP contribution >= 0.6 is 12.6 Å². The van der Waals surface area contributed by atoms with E-state index in [-0.39, 0.29) is 22.6 Å². The lowest BCUT2D eigenvalue weighted by molar-refractivity contribution is -0.118. The summed E-state index contributed by atoms with van der Waals surface area (Å²) in [6.07, 6.45) is 4.21. The van der Waals surface area contributed by atoms with Gasteiger partial charge in [0.1, 0.15) is 0 Å². The second-order valence-electron chi connectivity index (χ2n) is 8.91. The lowest BCUT2D eigenvalue weighted by Gasteiger charge is -2.17. The highest BCUT2D eigenvalue weighted by Crippen LogP contribution is 2.50. The van der Waals surface area contributed by atoms with Gasteiger partial charge in [-0.3, -0.25) is 9.78 Å². The third kappa shape index (κ3) is 7.81. The van der Waals surface area contributed by atoms with E-state index in [2.05, 4.69) is 22.9 Å². The lowest BCUT2D eigenvalue weighted by Crippen LogP contribution is -2.27. The summed E-state index contributed by atoms with van der Waals surface area (Å²) in [5.74, 6) is 0.414. The van der Waals surface area contributed by atoms with Gasteiger partial charge in [-0.05, 0) is 84.6 Å². The topological polar surface area (TPSA) is 160 Å². The normalized spacial score (nSPS) is 12.5. The molecule has 206 valence electrons. The molecule has 1 saturated carbocycles. The van der Waals surface area contributed by atoms with E-state index < -0.39 is 5.41 Å². The van der Waals surface area contributed by atoms with Crippen LogP contribution in [0.4, 0.5) is 5.69 Å². The summed E-state index contributed by atoms with van der Waals surface area (Å²) in [5.41, 5.74) is 9.54. The van der Waals surface area contributed by atoms with Crippen molar-refractivity contribution < 1.29 is 25.6 Å². The van der Waals surface area contributed by atoms with Crippen LogP contribution in [0.15, 0.2) is 96.0 Å². The van der Waals surface area contributed by atoms with Gasteiger partial charge in [0.05, 0.1) is 12.5 Å². The highest BCUT2D eigenvalue weighted by molar-refractivity contribution is 7.80. The SMILES string of the molecule is COc1cc(C2(C(=O)Nc3cccc(-c4ccc(S)cc4)c3)CC2)ccc1O.NCCc1ccccn1.O.O. The molecule has 0 spiro atoms. The van der Waals surface area contributed by atoms with E-state index in [0.717, 1.165) is 52.2 Å². The van der Waals surface area contributed by atoms with Crippen LogP contribution in [0.1, 0.15) is 24.1 Å². The number of nitrogens with one attached hydrogen (secondary N) is 1. The first-order chi connectivity index (χ1) is 17.9. The van der Waals surface area contributed by atoms with Crippen molar-refractivity contribution in [3.63, 3.8) is 0 Å². The Bertz CT molecular complexity index is 1350. The molecule has 1 fully saturated rings. The van der Waals surface area contributed by atoms with Gasteiger partial charge < -0.3 is 31.8 Å². The number of nitrogens with two attached hydrogens (primary N) is 1. The second-order valence-corrected chi connectivity index (χ2v) is 9.43. The Morgan fingerprint density at radius 3 is 2.36 bits per heavy atom. The number of pyridine rings is 1. The number of hydrogen-bond donors (Lipinski definition) is 4. The highest BCUT2D eigenvalue weighted by atomic mass is 32.1. The van der Waals surface area contributed by atoms with Gasteiger partial charge in [0.25, 0.3) is 0 Å². The fourth-order valence-electron chi connectivity index (χ4n) is 4.12. The number of phenols is 1. The van der Waals surface area contributed by atoms with Crippen molar-refractivity contribution in [2.24, 2.45) is 5.73 Å². The molecule has 1 aromatic heterocycles. The number of amides is 1. The first-order valence-electron chi connectivity index (χ1n) is 12.1. The third-order valence-electron chi connectivity index (χ3n) is 6.36. The zero-order valence-electron chi connectivity index (χ0n) is 21.7. The Hall–Kier alpha value is -3.89. The molecule has 1 amide bonds. The average molecular weight is 550 g/mol. The minimum absolute atomic E-state index is 0. The van der Waals surface area contributed by atoms with E-state index in [4.69, 9.17) is 10.5 Å². The van der Waals surface area contributed by atoms with Crippen LogP contribution < -0.4 is 15.8 Å². The number of rotatable bonds is 7. The Morgan fingerprint density at radius 1 is 1.00 bits per heavy atom. The molecular formula is C30H35N3O5S. The van der Waals surface area contributed by atoms with E-state index in [9.17, 15) is 9.90 Å². The number of nitrogens with zero attached hydrogens (tertiary/aromatic N) is 1. The van der Waals surface area contributed by atoms with Gasteiger partial charge in [-0.2, -0.15) is 0 Å². The van der Waals surface area contributed by atoms with Gasteiger partial charge in [0.2, 0.25) is 5.91 Å². The summed E-state index contributed by atoms with van der Waals surface area (Å²) in [6.45, 7) is 0.678. The third-order valence-corrected chi connectivity index (χ3v) is 6.66. The first-order valence-corrected chi connectivity index (χ1v) is 12.6. The fourth-order valence-corrected chi connectivity index (χ4v) is 4.27. The van der Waals surface area contributed by atoms with Crippen LogP contribution in [-0.2, 0) is 16.6 Å². The van der Waals surface area contributed by atoms with Gasteiger partial charge in [0, 0.05) is 28.9 Å². The summed E-state index contributed by atoms with van der Waals surface area (Å²) >= 11 is 4.32. The Morgan fingerprint density at radius 2 is 1.74 bits per heavy atom. The zero-order chi connectivity index (χ0) is 26.3. The molecular weight excluding hydrogens is 514 g/mol. The van der Waals surface area contributed by atoms with E-state index in [1.165, 1.54) is 7.11 Å². The van der Waals surface area contributed by atoms with Crippen molar-refractivity contribution in [3.05, 3.63) is 102 Å². The molecule has 0 aliphatic heterocycles. The highest BCUT2D eigenvalue weighted by Gasteiger charge is 2.51. The Kier molecular flexibility index (Phi) is 11.5. The van der Waals surface area contributed by atoms with E-state index >= 15 is 0 Å². The van der Waals surface area contributed by atoms with Crippen LogP contribution in [0.25, 0.3) is 11.1 Å². The standard InChI is InChI=1S/C23H21NO3S.C7H10N2.2H2O/c1-27-21-14-17(7-10-20(21)25)23(11-12-23)22(26)24-18-4-2-3-16(13-18)15-5-8-19(28)9-6-15;8-5-4-7-3-1-2-6-9-7;;/h2-10,13-14,25,28H,11-12H2,1H3,(H,24,26);1-3,6H,4-5,8H2;2*1H2. The summed E-state index contributed by atoms with van der Waals surface area (Å²) in [6, 6.07) is 26.7. The molecule has 0 bridgehead atoms. The van der Waals surface area contributed by atoms with E-state index in [1.54, 1.807) is 24.4 Å². The summed E-state index contributed by atoms with van der Waals surface area (Å²) in [5, 5.41) is 12.9. The van der Waals surface area contributed by atoms with Crippen molar-refractivity contribution in [1.29, 1.82) is 0 Å². The molecule has 39 heavy (non-hydrogen) atoms. The molecule has 0 unspecified atom stereocenters. The van der Waals surface area contributed by atoms with Gasteiger partial charge in [0.15, 0.2) is 11.5 Å². The van der Waals surface area contributed by atoms with E-state index in [1.807, 2.05) is 66.7 Å². The number of carbonyl (C=O) groups excluding carboxylic acids is 1. The van der Waals surface area contributed by atoms with Crippen LogP contribution in [-0.4, -0.2) is 40.6 Å². The number of anilines is 1. The molecule has 1 aliphatic rings. The van der Waals surface area contributed by atoms with Crippen molar-refractivity contribution in [3.8, 4) is 22.6 Å². The Balaban J connectivity index is 0.000000416. The maximum atomic E-state index is 13.0. The number of methoxy groups -OCH3 is 1. The molecule has 5 rings (SSSR count). The number of ether oxygens (including phenoxy) is 1.